The maximum atomic E-state index is 9.56. The van der Waals surface area contributed by atoms with E-state index in [1.807, 2.05) is 0 Å². The van der Waals surface area contributed by atoms with Crippen LogP contribution in [0.1, 0.15) is 0 Å². The molecule has 0 aromatic carbocycles. The van der Waals surface area contributed by atoms with Gasteiger partial charge >= 0.3 is 0 Å². The van der Waals surface area contributed by atoms with E-state index < -0.39 is 0 Å². The molecule has 0 unspecified atom stereocenters. The van der Waals surface area contributed by atoms with E-state index >= 15 is 0 Å². The van der Waals surface area contributed by atoms with Crippen LogP contribution in [0.2, 0.25) is 0 Å². The van der Waals surface area contributed by atoms with Crippen LogP contribution in [0, 0.1) is 0 Å². The molecular formula is C6H6O2. The predicted octanol–water partition coefficient (Wildman–Crippen LogP) is 0.968. The number of allylic oxidation sites excluding steroid dienone is 3. The summed E-state index contributed by atoms with van der Waals surface area (Å²) in [4.78, 5) is 9.56. The maximum absolute atomic E-state index is 9.56. The van der Waals surface area contributed by atoms with Gasteiger partial charge in [0, 0.05) is 0 Å². The Morgan fingerprint density at radius 3 is 2.62 bits per heavy atom. The van der Waals surface area contributed by atoms with Gasteiger partial charge in [0.1, 0.15) is 12.5 Å². The Hall–Kier alpha value is -1.27. The molecule has 0 bridgehead atoms. The minimum atomic E-state index is 0.648. The molecule has 0 saturated heterocycles. The van der Waals surface area contributed by atoms with Gasteiger partial charge in [-0.2, -0.15) is 0 Å². The van der Waals surface area contributed by atoms with Crippen LogP contribution in [0.5, 0.6) is 0 Å². The van der Waals surface area contributed by atoms with E-state index in [1.54, 1.807) is 0 Å². The molecule has 0 aliphatic rings. The summed E-state index contributed by atoms with van der Waals surface area (Å²) in [5.74, 6) is 0. The van der Waals surface area contributed by atoms with E-state index in [1.165, 1.54) is 18.2 Å². The van der Waals surface area contributed by atoms with E-state index in [9.17, 15) is 4.79 Å². The van der Waals surface area contributed by atoms with Gasteiger partial charge in [-0.25, -0.2) is 0 Å². The lowest BCUT2D eigenvalue weighted by molar-refractivity contribution is -0.104. The second-order valence-electron chi connectivity index (χ2n) is 0.983. The molecule has 0 spiro atoms. The summed E-state index contributed by atoms with van der Waals surface area (Å²) in [6, 6.07) is 0. The van der Waals surface area contributed by atoms with Crippen LogP contribution in [-0.4, -0.2) is 11.4 Å². The number of aliphatic hydroxyl groups is 1. The third kappa shape index (κ3) is 4.73. The molecule has 1 N–H and O–H groups in total. The van der Waals surface area contributed by atoms with Crippen molar-refractivity contribution < 1.29 is 9.90 Å². The molecule has 0 radical (unpaired) electrons. The number of carbonyl (C=O) groups is 1. The van der Waals surface area contributed by atoms with Crippen LogP contribution in [-0.2, 0) is 4.79 Å². The average Bonchev–Trinajstić information content (AvgIpc) is 1.81. The zero-order valence-corrected chi connectivity index (χ0v) is 4.24. The normalized spacial score (nSPS) is 8.00. The van der Waals surface area contributed by atoms with Crippen LogP contribution in [0.15, 0.2) is 30.2 Å². The van der Waals surface area contributed by atoms with Crippen LogP contribution in [0.4, 0.5) is 0 Å². The molecule has 0 aromatic rings. The van der Waals surface area contributed by atoms with E-state index in [0.717, 1.165) is 6.26 Å². The highest BCUT2D eigenvalue weighted by Crippen LogP contribution is 1.68. The largest absolute Gasteiger partial charge is 0.507 e. The summed E-state index contributed by atoms with van der Waals surface area (Å²) in [7, 11) is 0. The van der Waals surface area contributed by atoms with Crippen LogP contribution in [0.3, 0.4) is 0 Å². The summed E-state index contributed by atoms with van der Waals surface area (Å²) in [6.07, 6.45) is 5.62. The summed E-state index contributed by atoms with van der Waals surface area (Å²) < 4.78 is 0. The third-order valence-corrected chi connectivity index (χ3v) is 0.457. The van der Waals surface area contributed by atoms with Crippen molar-refractivity contribution in [2.75, 3.05) is 0 Å². The molecule has 0 aliphatic heterocycles. The minimum Gasteiger partial charge on any atom is -0.507 e. The quantitative estimate of drug-likeness (QED) is 0.189. The van der Waals surface area contributed by atoms with E-state index in [-0.39, 0.29) is 0 Å². The number of aliphatic hydroxyl groups excluding tert-OH is 1. The highest BCUT2D eigenvalue weighted by molar-refractivity contribution is 5.65. The molecular weight excluding hydrogens is 104 g/mol. The number of hydrogen-bond acceptors (Lipinski definition) is 2. The van der Waals surface area contributed by atoms with Crippen molar-refractivity contribution in [2.45, 2.75) is 0 Å². The number of rotatable bonds is 2. The Bertz CT molecular complexity index is 139. The number of hydrogen-bond donors (Lipinski definition) is 1. The molecule has 42 valence electrons. The second-order valence-corrected chi connectivity index (χ2v) is 0.983. The first-order valence-corrected chi connectivity index (χ1v) is 2.07. The van der Waals surface area contributed by atoms with Gasteiger partial charge in [-0.15, -0.1) is 0 Å². The lowest BCUT2D eigenvalue weighted by atomic mass is 10.5. The first-order valence-electron chi connectivity index (χ1n) is 2.07. The zero-order chi connectivity index (χ0) is 6.24. The summed E-state index contributed by atoms with van der Waals surface area (Å²) >= 11 is 0. The highest BCUT2D eigenvalue weighted by Gasteiger charge is 1.56. The van der Waals surface area contributed by atoms with Gasteiger partial charge in [0.15, 0.2) is 0 Å². The van der Waals surface area contributed by atoms with Gasteiger partial charge in [-0.3, -0.25) is 4.79 Å². The molecule has 0 aromatic heterocycles. The third-order valence-electron chi connectivity index (χ3n) is 0.457. The Labute approximate surface area is 47.5 Å². The Morgan fingerprint density at radius 2 is 2.12 bits per heavy atom. The van der Waals surface area contributed by atoms with Crippen molar-refractivity contribution in [1.82, 2.24) is 0 Å². The van der Waals surface area contributed by atoms with Crippen molar-refractivity contribution in [1.29, 1.82) is 0 Å². The first-order chi connectivity index (χ1) is 3.91. The Kier molecular flexibility index (Phi) is 4.82. The highest BCUT2D eigenvalue weighted by atomic mass is 16.2. The van der Waals surface area contributed by atoms with Crippen molar-refractivity contribution in [3.05, 3.63) is 30.2 Å². The summed E-state index contributed by atoms with van der Waals surface area (Å²) in [6.45, 7) is 0. The summed E-state index contributed by atoms with van der Waals surface area (Å²) in [5, 5.41) is 7.98. The molecule has 0 saturated carbocycles. The SMILES string of the molecule is O=C/C=C/C=C=CO. The Morgan fingerprint density at radius 1 is 1.38 bits per heavy atom. The molecule has 0 atom stereocenters. The molecule has 2 heteroatoms. The van der Waals surface area contributed by atoms with Crippen LogP contribution < -0.4 is 0 Å². The first kappa shape index (κ1) is 6.73. The van der Waals surface area contributed by atoms with Crippen molar-refractivity contribution in [3.8, 4) is 0 Å². The van der Waals surface area contributed by atoms with E-state index in [0.29, 0.717) is 6.29 Å². The maximum Gasteiger partial charge on any atom is 0.142 e. The standard InChI is InChI=1S/C6H6O2/c7-5-3-1-2-4-6-8/h1-3,5-6,8H/b3-1+. The lowest BCUT2D eigenvalue weighted by Crippen LogP contribution is -1.53. The van der Waals surface area contributed by atoms with Gasteiger partial charge in [-0.1, -0.05) is 11.8 Å². The smallest absolute Gasteiger partial charge is 0.142 e. The number of carbonyl (C=O) groups excluding carboxylic acids is 1. The molecule has 0 rings (SSSR count). The fourth-order valence-electron chi connectivity index (χ4n) is 0.200. The Balaban J connectivity index is 3.58. The van der Waals surface area contributed by atoms with E-state index in [2.05, 4.69) is 5.73 Å². The van der Waals surface area contributed by atoms with Gasteiger partial charge in [0.25, 0.3) is 0 Å². The molecule has 2 nitrogen and oxygen atoms in total. The fourth-order valence-corrected chi connectivity index (χ4v) is 0.200. The average molecular weight is 110 g/mol. The second kappa shape index (κ2) is 5.73. The van der Waals surface area contributed by atoms with Crippen LogP contribution >= 0.6 is 0 Å². The number of aldehydes is 1. The molecule has 0 aliphatic carbocycles. The van der Waals surface area contributed by atoms with Gasteiger partial charge < -0.3 is 5.11 Å². The van der Waals surface area contributed by atoms with Gasteiger partial charge in [0.2, 0.25) is 0 Å². The van der Waals surface area contributed by atoms with Crippen LogP contribution in [0.25, 0.3) is 0 Å². The van der Waals surface area contributed by atoms with E-state index in [4.69, 9.17) is 5.11 Å². The monoisotopic (exact) mass is 110 g/mol. The molecule has 0 amide bonds. The molecule has 8 heavy (non-hydrogen) atoms. The minimum absolute atomic E-state index is 0.648. The lowest BCUT2D eigenvalue weighted by Gasteiger charge is -1.60. The predicted molar refractivity (Wildman–Crippen MR) is 30.5 cm³/mol. The summed E-state index contributed by atoms with van der Waals surface area (Å²) in [5.41, 5.74) is 2.34. The van der Waals surface area contributed by atoms with Crippen molar-refractivity contribution >= 4 is 6.29 Å². The van der Waals surface area contributed by atoms with Gasteiger partial charge in [0.05, 0.1) is 0 Å². The molecule has 0 fully saturated rings. The topological polar surface area (TPSA) is 37.3 Å². The molecule has 0 heterocycles. The fraction of sp³-hybridized carbons (Fsp3) is 0. The van der Waals surface area contributed by atoms with Crippen molar-refractivity contribution in [2.24, 2.45) is 0 Å². The van der Waals surface area contributed by atoms with Crippen molar-refractivity contribution in [3.63, 3.8) is 0 Å². The zero-order valence-electron chi connectivity index (χ0n) is 4.24. The van der Waals surface area contributed by atoms with Gasteiger partial charge in [-0.05, 0) is 12.2 Å².